The van der Waals surface area contributed by atoms with Crippen molar-refractivity contribution in [2.75, 3.05) is 26.2 Å². The normalized spacial score (nSPS) is 12.5. The first-order valence-electron chi connectivity index (χ1n) is 10.0. The molecule has 25 heavy (non-hydrogen) atoms. The van der Waals surface area contributed by atoms with Crippen molar-refractivity contribution < 1.29 is 16.8 Å². The maximum absolute atomic E-state index is 5.04. The molecule has 154 valence electrons. The summed E-state index contributed by atoms with van der Waals surface area (Å²) >= 11 is 0. The summed E-state index contributed by atoms with van der Waals surface area (Å²) in [6.45, 7) is 29.2. The molecule has 0 saturated carbocycles. The topological polar surface area (TPSA) is 31.4 Å². The van der Waals surface area contributed by atoms with Crippen molar-refractivity contribution in [3.63, 3.8) is 0 Å². The molecule has 0 spiro atoms. The standard InChI is InChI=1S/C12H29N2Si.C7H18NSi.Co/c1-6-14(7-2)12-11-13-15(8-3,9-4)10-5;1-7(2,3)8-9(4,5)6;/h6-12H2,1-5H3;1-6H3;/q2*-1;+3. The van der Waals surface area contributed by atoms with E-state index in [1.54, 1.807) is 0 Å². The number of nitrogens with zero attached hydrogens (tertiary/aromatic N) is 3. The van der Waals surface area contributed by atoms with Gasteiger partial charge in [-0.3, -0.25) is 0 Å². The van der Waals surface area contributed by atoms with Gasteiger partial charge in [0.1, 0.15) is 0 Å². The molecule has 0 aromatic carbocycles. The van der Waals surface area contributed by atoms with Crippen molar-refractivity contribution in [2.24, 2.45) is 0 Å². The van der Waals surface area contributed by atoms with Crippen LogP contribution >= 0.6 is 0 Å². The minimum atomic E-state index is -1.21. The van der Waals surface area contributed by atoms with Crippen molar-refractivity contribution >= 4 is 16.5 Å². The van der Waals surface area contributed by atoms with Crippen LogP contribution in [0, 0.1) is 0 Å². The Labute approximate surface area is 172 Å². The quantitative estimate of drug-likeness (QED) is 0.353. The van der Waals surface area contributed by atoms with Gasteiger partial charge in [-0.1, -0.05) is 110 Å². The molecule has 0 aliphatic rings. The van der Waals surface area contributed by atoms with Gasteiger partial charge in [0.15, 0.2) is 0 Å². The molecule has 0 aliphatic heterocycles. The minimum absolute atomic E-state index is 0. The monoisotopic (exact) mass is 432 g/mol. The molecule has 0 heterocycles. The van der Waals surface area contributed by atoms with Crippen molar-refractivity contribution in [1.82, 2.24) is 4.90 Å². The molecule has 6 heteroatoms. The van der Waals surface area contributed by atoms with Crippen LogP contribution in [0.15, 0.2) is 0 Å². The molecule has 0 N–H and O–H groups in total. The molecule has 0 aromatic rings. The third-order valence-electron chi connectivity index (χ3n) is 4.40. The number of hydrogen-bond donors (Lipinski definition) is 0. The SMILES string of the molecule is CC(C)(C)[N-][Si](C)(C)C.CCN(CC)CC[N-][Si](CC)(CC)CC.[Co+3]. The van der Waals surface area contributed by atoms with Crippen LogP contribution in [0.2, 0.25) is 37.8 Å². The van der Waals surface area contributed by atoms with Gasteiger partial charge in [-0.2, -0.15) is 0 Å². The molecule has 0 saturated heterocycles. The maximum Gasteiger partial charge on any atom is 3.00 e. The van der Waals surface area contributed by atoms with E-state index in [-0.39, 0.29) is 22.3 Å². The van der Waals surface area contributed by atoms with Gasteiger partial charge in [0.05, 0.1) is 0 Å². The summed E-state index contributed by atoms with van der Waals surface area (Å²) in [6.07, 6.45) is 0. The van der Waals surface area contributed by atoms with Crippen LogP contribution in [0.1, 0.15) is 55.4 Å². The fourth-order valence-electron chi connectivity index (χ4n) is 3.06. The van der Waals surface area contributed by atoms with Gasteiger partial charge >= 0.3 is 16.8 Å². The first kappa shape index (κ1) is 30.5. The van der Waals surface area contributed by atoms with Gasteiger partial charge in [-0.05, 0) is 19.6 Å². The Bertz CT molecular complexity index is 274. The molecule has 0 fully saturated rings. The Morgan fingerprint density at radius 2 is 1.20 bits per heavy atom. The third kappa shape index (κ3) is 18.0. The van der Waals surface area contributed by atoms with Gasteiger partial charge in [-0.25, -0.2) is 0 Å². The fraction of sp³-hybridized carbons (Fsp3) is 1.00. The zero-order valence-electron chi connectivity index (χ0n) is 19.1. The fourth-order valence-corrected chi connectivity index (χ4v) is 7.82. The number of hydrogen-bond acceptors (Lipinski definition) is 1. The summed E-state index contributed by atoms with van der Waals surface area (Å²) in [5, 5.41) is 0. The second kappa shape index (κ2) is 14.8. The molecular weight excluding hydrogens is 385 g/mol. The van der Waals surface area contributed by atoms with E-state index in [0.29, 0.717) is 0 Å². The van der Waals surface area contributed by atoms with Crippen molar-refractivity contribution in [3.05, 3.63) is 9.96 Å². The molecule has 0 amide bonds. The van der Waals surface area contributed by atoms with E-state index in [4.69, 9.17) is 4.98 Å². The van der Waals surface area contributed by atoms with E-state index < -0.39 is 16.5 Å². The van der Waals surface area contributed by atoms with Crippen LogP contribution < -0.4 is 0 Å². The van der Waals surface area contributed by atoms with Gasteiger partial charge in [0.2, 0.25) is 0 Å². The predicted molar refractivity (Wildman–Crippen MR) is 120 cm³/mol. The maximum atomic E-state index is 5.04. The van der Waals surface area contributed by atoms with E-state index in [0.717, 1.165) is 26.2 Å². The van der Waals surface area contributed by atoms with Crippen molar-refractivity contribution in [2.45, 2.75) is 98.7 Å². The predicted octanol–water partition coefficient (Wildman–Crippen LogP) is 6.70. The largest absolute Gasteiger partial charge is 3.00 e. The summed E-state index contributed by atoms with van der Waals surface area (Å²) in [6, 6.07) is 3.95. The molecule has 0 aromatic heterocycles. The first-order valence-corrected chi connectivity index (χ1v) is 16.0. The zero-order chi connectivity index (χ0) is 19.4. The first-order chi connectivity index (χ1) is 10.9. The summed E-state index contributed by atoms with van der Waals surface area (Å²) in [5.41, 5.74) is 0.171. The second-order valence-corrected chi connectivity index (χ2v) is 18.1. The number of likely N-dealkylation sites (N-methyl/N-ethyl adjacent to an activating group) is 1. The van der Waals surface area contributed by atoms with E-state index in [2.05, 4.69) is 84.9 Å². The van der Waals surface area contributed by atoms with Crippen LogP contribution in [0.5, 0.6) is 0 Å². The van der Waals surface area contributed by atoms with Gasteiger partial charge in [0.25, 0.3) is 0 Å². The Morgan fingerprint density at radius 3 is 1.40 bits per heavy atom. The zero-order valence-corrected chi connectivity index (χ0v) is 22.2. The van der Waals surface area contributed by atoms with Crippen LogP contribution in [0.3, 0.4) is 0 Å². The summed E-state index contributed by atoms with van der Waals surface area (Å²) < 4.78 is 0. The smallest absolute Gasteiger partial charge is 0.663 e. The third-order valence-corrected chi connectivity index (χ3v) is 10.6. The van der Waals surface area contributed by atoms with Gasteiger partial charge < -0.3 is 14.9 Å². The summed E-state index contributed by atoms with van der Waals surface area (Å²) in [5.74, 6) is 0. The van der Waals surface area contributed by atoms with Gasteiger partial charge in [0, 0.05) is 0 Å². The van der Waals surface area contributed by atoms with Crippen LogP contribution in [0.25, 0.3) is 9.96 Å². The average molecular weight is 433 g/mol. The molecule has 0 aliphatic carbocycles. The Hall–Kier alpha value is 0.820. The molecule has 0 atom stereocenters. The summed E-state index contributed by atoms with van der Waals surface area (Å²) in [4.78, 5) is 12.2. The average Bonchev–Trinajstić information content (AvgIpc) is 2.45. The molecule has 0 bridgehead atoms. The molecule has 0 radical (unpaired) electrons. The van der Waals surface area contributed by atoms with Gasteiger partial charge in [-0.15, -0.1) is 12.1 Å². The van der Waals surface area contributed by atoms with E-state index >= 15 is 0 Å². The molecule has 3 nitrogen and oxygen atoms in total. The molecular formula is C19H47CoN3Si2+. The second-order valence-electron chi connectivity index (χ2n) is 8.65. The van der Waals surface area contributed by atoms with Crippen molar-refractivity contribution in [1.29, 1.82) is 0 Å². The van der Waals surface area contributed by atoms with Crippen LogP contribution in [-0.4, -0.2) is 53.1 Å². The molecule has 0 unspecified atom stereocenters. The number of rotatable bonds is 10. The Balaban J connectivity index is -0.000000418. The minimum Gasteiger partial charge on any atom is -0.663 e. The van der Waals surface area contributed by atoms with E-state index in [9.17, 15) is 0 Å². The van der Waals surface area contributed by atoms with E-state index in [1.807, 2.05) is 0 Å². The molecule has 0 rings (SSSR count). The Morgan fingerprint density at radius 1 is 0.800 bits per heavy atom. The van der Waals surface area contributed by atoms with Crippen LogP contribution in [-0.2, 0) is 16.8 Å². The van der Waals surface area contributed by atoms with Crippen molar-refractivity contribution in [3.8, 4) is 0 Å². The summed E-state index contributed by atoms with van der Waals surface area (Å²) in [7, 11) is -2.38. The Kier molecular flexibility index (Phi) is 18.1. The van der Waals surface area contributed by atoms with E-state index in [1.165, 1.54) is 18.1 Å². The van der Waals surface area contributed by atoms with Crippen LogP contribution in [0.4, 0.5) is 0 Å².